The van der Waals surface area contributed by atoms with E-state index >= 15 is 0 Å². The lowest BCUT2D eigenvalue weighted by atomic mass is 9.82. The third kappa shape index (κ3) is 11.0. The maximum Gasteiger partial charge on any atom is 0.194 e. The summed E-state index contributed by atoms with van der Waals surface area (Å²) >= 11 is 0. The van der Waals surface area contributed by atoms with E-state index in [9.17, 15) is 5.11 Å². The van der Waals surface area contributed by atoms with Gasteiger partial charge >= 0.3 is 0 Å². The summed E-state index contributed by atoms with van der Waals surface area (Å²) in [5, 5.41) is 11.5. The van der Waals surface area contributed by atoms with Gasteiger partial charge in [0, 0.05) is 6.54 Å². The van der Waals surface area contributed by atoms with E-state index in [4.69, 9.17) is 15.5 Å². The number of guanidine groups is 1. The Bertz CT molecular complexity index is 969. The van der Waals surface area contributed by atoms with Crippen LogP contribution in [0.25, 0.3) is 0 Å². The Hall–Kier alpha value is -2.57. The highest BCUT2D eigenvalue weighted by molar-refractivity contribution is 5.81. The van der Waals surface area contributed by atoms with Gasteiger partial charge in [0.05, 0.1) is 6.61 Å². The van der Waals surface area contributed by atoms with E-state index in [1.54, 1.807) is 0 Å². The number of hydrogen-bond acceptors (Lipinski definition) is 6. The van der Waals surface area contributed by atoms with Crippen LogP contribution in [0, 0.1) is 11.8 Å². The van der Waals surface area contributed by atoms with Crippen LogP contribution in [0.3, 0.4) is 0 Å². The zero-order chi connectivity index (χ0) is 30.1. The monoisotopic (exact) mass is 566 g/mol. The summed E-state index contributed by atoms with van der Waals surface area (Å²) in [6.45, 7) is 14.6. The summed E-state index contributed by atoms with van der Waals surface area (Å²) in [6.07, 6.45) is 8.47. The molecule has 2 aromatic carbocycles. The summed E-state index contributed by atoms with van der Waals surface area (Å²) in [6, 6.07) is 20.0. The molecule has 3 N–H and O–H groups in total. The van der Waals surface area contributed by atoms with Crippen molar-refractivity contribution in [1.29, 1.82) is 0 Å². The molecule has 0 amide bonds. The van der Waals surface area contributed by atoms with Crippen LogP contribution >= 0.6 is 0 Å². The van der Waals surface area contributed by atoms with Crippen LogP contribution in [0.5, 0.6) is 5.75 Å². The van der Waals surface area contributed by atoms with E-state index in [1.165, 1.54) is 25.7 Å². The normalized spacial score (nSPS) is 23.3. The van der Waals surface area contributed by atoms with Gasteiger partial charge in [0.25, 0.3) is 0 Å². The Labute approximate surface area is 251 Å². The Morgan fingerprint density at radius 3 is 2.20 bits per heavy atom. The molecule has 6 nitrogen and oxygen atoms in total. The standard InChI is InChI=1S/C23H38N4O.C8H10O.C4H10/c1-4-18(2)12-14-23(20-10-6-5-7-11-20)21(28)27(22(24)25-23)17-19-9-8-15-26(3)16-13-19;1-2-9-8-6-4-3-5-7-8;1-3-4-2/h5-7,10-11,18-19,21,28H,4,8-9,12-17H2,1-3H3,(H2,24,25);3-7H,2H2,1H3;3-4H2,1-2H3. The molecule has 0 aromatic heterocycles. The van der Waals surface area contributed by atoms with Crippen molar-refractivity contribution < 1.29 is 9.84 Å². The van der Waals surface area contributed by atoms with Crippen LogP contribution in [0.2, 0.25) is 0 Å². The molecule has 2 heterocycles. The van der Waals surface area contributed by atoms with E-state index in [1.807, 2.05) is 60.4 Å². The topological polar surface area (TPSA) is 74.3 Å². The number of unbranched alkanes of at least 4 members (excludes halogenated alkanes) is 1. The van der Waals surface area contributed by atoms with Gasteiger partial charge in [0.2, 0.25) is 0 Å². The van der Waals surface area contributed by atoms with E-state index in [2.05, 4.69) is 51.8 Å². The second-order valence-electron chi connectivity index (χ2n) is 11.7. The van der Waals surface area contributed by atoms with Crippen LogP contribution in [-0.4, -0.2) is 60.4 Å². The molecule has 4 unspecified atom stereocenters. The minimum Gasteiger partial charge on any atom is -0.494 e. The number of nitrogens with zero attached hydrogens (tertiary/aromatic N) is 3. The Kier molecular flexibility index (Phi) is 15.9. The van der Waals surface area contributed by atoms with Crippen LogP contribution in [0.1, 0.15) is 91.5 Å². The predicted octanol–water partition coefficient (Wildman–Crippen LogP) is 7.28. The lowest BCUT2D eigenvalue weighted by Gasteiger charge is -2.36. The lowest BCUT2D eigenvalue weighted by molar-refractivity contribution is -0.01000. The summed E-state index contributed by atoms with van der Waals surface area (Å²) < 4.78 is 5.21. The minimum atomic E-state index is -0.695. The van der Waals surface area contributed by atoms with Gasteiger partial charge < -0.3 is 25.4 Å². The SMILES string of the molecule is CCC(C)CCC1(c2ccccc2)N=C(N)N(CC2CCCN(C)CC2)C1O.CCCC.CCOc1ccccc1. The first-order valence-electron chi connectivity index (χ1n) is 16.0. The second kappa shape index (κ2) is 18.8. The van der Waals surface area contributed by atoms with E-state index < -0.39 is 11.8 Å². The van der Waals surface area contributed by atoms with Crippen LogP contribution in [0.15, 0.2) is 65.7 Å². The summed E-state index contributed by atoms with van der Waals surface area (Å²) in [5.41, 5.74) is 6.82. The van der Waals surface area contributed by atoms with Crippen molar-refractivity contribution in [1.82, 2.24) is 9.80 Å². The smallest absolute Gasteiger partial charge is 0.194 e. The predicted molar refractivity (Wildman–Crippen MR) is 174 cm³/mol. The number of aliphatic imine (C=N–C) groups is 1. The Balaban J connectivity index is 0.000000374. The molecule has 6 heteroatoms. The van der Waals surface area contributed by atoms with E-state index in [0.717, 1.165) is 63.2 Å². The molecule has 0 saturated carbocycles. The van der Waals surface area contributed by atoms with Crippen molar-refractivity contribution in [2.45, 2.75) is 97.8 Å². The van der Waals surface area contributed by atoms with Crippen molar-refractivity contribution in [2.75, 3.05) is 33.3 Å². The zero-order valence-corrected chi connectivity index (χ0v) is 26.8. The minimum absolute atomic E-state index is 0.498. The quantitative estimate of drug-likeness (QED) is 0.316. The Morgan fingerprint density at radius 1 is 0.976 bits per heavy atom. The van der Waals surface area contributed by atoms with Crippen LogP contribution < -0.4 is 10.5 Å². The average Bonchev–Trinajstić information content (AvgIpc) is 3.11. The van der Waals surface area contributed by atoms with Gasteiger partial charge in [-0.15, -0.1) is 0 Å². The molecule has 230 valence electrons. The van der Waals surface area contributed by atoms with Crippen molar-refractivity contribution in [3.05, 3.63) is 66.2 Å². The van der Waals surface area contributed by atoms with Gasteiger partial charge in [-0.2, -0.15) is 0 Å². The number of ether oxygens (including phenoxy) is 1. The fourth-order valence-corrected chi connectivity index (χ4v) is 5.30. The Morgan fingerprint density at radius 2 is 1.61 bits per heavy atom. The average molecular weight is 567 g/mol. The van der Waals surface area contributed by atoms with Crippen molar-refractivity contribution >= 4 is 5.96 Å². The third-order valence-corrected chi connectivity index (χ3v) is 8.40. The highest BCUT2D eigenvalue weighted by Crippen LogP contribution is 2.42. The number of para-hydroxylation sites is 1. The molecule has 0 bridgehead atoms. The first kappa shape index (κ1) is 34.6. The zero-order valence-electron chi connectivity index (χ0n) is 26.8. The molecule has 4 rings (SSSR count). The highest BCUT2D eigenvalue weighted by Gasteiger charge is 2.48. The number of benzene rings is 2. The van der Waals surface area contributed by atoms with Gasteiger partial charge in [0.15, 0.2) is 12.2 Å². The lowest BCUT2D eigenvalue weighted by Crippen LogP contribution is -2.49. The van der Waals surface area contributed by atoms with Crippen LogP contribution in [0.4, 0.5) is 0 Å². The summed E-state index contributed by atoms with van der Waals surface area (Å²) in [4.78, 5) is 9.30. The molecular weight excluding hydrogens is 508 g/mol. The van der Waals surface area contributed by atoms with E-state index in [0.29, 0.717) is 17.8 Å². The summed E-state index contributed by atoms with van der Waals surface area (Å²) in [7, 11) is 2.19. The largest absolute Gasteiger partial charge is 0.494 e. The number of likely N-dealkylation sites (tertiary alicyclic amines) is 1. The second-order valence-corrected chi connectivity index (χ2v) is 11.7. The molecule has 2 aromatic rings. The van der Waals surface area contributed by atoms with Crippen molar-refractivity contribution in [3.63, 3.8) is 0 Å². The number of aliphatic hydroxyl groups excluding tert-OH is 1. The molecule has 2 aliphatic heterocycles. The number of hydrogen-bond donors (Lipinski definition) is 2. The van der Waals surface area contributed by atoms with Gasteiger partial charge in [-0.1, -0.05) is 95.5 Å². The van der Waals surface area contributed by atoms with Crippen molar-refractivity contribution in [3.8, 4) is 5.75 Å². The third-order valence-electron chi connectivity index (χ3n) is 8.40. The molecule has 1 fully saturated rings. The molecule has 4 atom stereocenters. The first-order chi connectivity index (χ1) is 19.8. The molecule has 0 aliphatic carbocycles. The molecule has 41 heavy (non-hydrogen) atoms. The maximum absolute atomic E-state index is 11.5. The van der Waals surface area contributed by atoms with Gasteiger partial charge in [0.1, 0.15) is 11.3 Å². The van der Waals surface area contributed by atoms with E-state index in [-0.39, 0.29) is 0 Å². The van der Waals surface area contributed by atoms with Gasteiger partial charge in [-0.3, -0.25) is 0 Å². The molecule has 2 aliphatic rings. The maximum atomic E-state index is 11.5. The number of nitrogens with two attached hydrogens (primary N) is 1. The van der Waals surface area contributed by atoms with Crippen LogP contribution in [-0.2, 0) is 5.54 Å². The van der Waals surface area contributed by atoms with Gasteiger partial charge in [-0.05, 0) is 88.7 Å². The fraction of sp³-hybridized carbons (Fsp3) is 0.629. The molecular formula is C35H58N4O2. The van der Waals surface area contributed by atoms with Crippen molar-refractivity contribution in [2.24, 2.45) is 22.6 Å². The number of rotatable bonds is 10. The molecule has 0 radical (unpaired) electrons. The molecule has 1 saturated heterocycles. The summed E-state index contributed by atoms with van der Waals surface area (Å²) in [5.74, 6) is 2.60. The van der Waals surface area contributed by atoms with Gasteiger partial charge in [-0.25, -0.2) is 4.99 Å². The number of aliphatic hydroxyl groups is 1. The first-order valence-corrected chi connectivity index (χ1v) is 16.0. The fourth-order valence-electron chi connectivity index (χ4n) is 5.30. The highest BCUT2D eigenvalue weighted by atomic mass is 16.5. The molecule has 0 spiro atoms.